The molecular weight excluding hydrogens is 192 g/mol. The monoisotopic (exact) mass is 212 g/mol. The van der Waals surface area contributed by atoms with Crippen molar-refractivity contribution in [3.63, 3.8) is 0 Å². The van der Waals surface area contributed by atoms with E-state index in [0.29, 0.717) is 44.0 Å². The average molecular weight is 212 g/mol. The van der Waals surface area contributed by atoms with Crippen LogP contribution in [0, 0.1) is 5.92 Å². The SMILES string of the molecule is CCC[C@@H]1CCOC(=O)CCCC(=O)C1. The Kier molecular flexibility index (Phi) is 5.37. The Morgan fingerprint density at radius 2 is 2.13 bits per heavy atom. The molecule has 0 N–H and O–H groups in total. The highest BCUT2D eigenvalue weighted by Crippen LogP contribution is 2.19. The minimum absolute atomic E-state index is 0.153. The Morgan fingerprint density at radius 3 is 2.87 bits per heavy atom. The van der Waals surface area contributed by atoms with Crippen LogP contribution < -0.4 is 0 Å². The van der Waals surface area contributed by atoms with E-state index in [4.69, 9.17) is 4.74 Å². The molecule has 3 heteroatoms. The van der Waals surface area contributed by atoms with Crippen molar-refractivity contribution < 1.29 is 14.3 Å². The zero-order valence-corrected chi connectivity index (χ0v) is 9.46. The molecule has 1 heterocycles. The predicted molar refractivity (Wildman–Crippen MR) is 57.4 cm³/mol. The first-order valence-electron chi connectivity index (χ1n) is 5.89. The van der Waals surface area contributed by atoms with E-state index < -0.39 is 0 Å². The summed E-state index contributed by atoms with van der Waals surface area (Å²) in [5, 5.41) is 0. The van der Waals surface area contributed by atoms with E-state index in [1.807, 2.05) is 0 Å². The first-order valence-corrected chi connectivity index (χ1v) is 5.89. The lowest BCUT2D eigenvalue weighted by molar-refractivity contribution is -0.144. The van der Waals surface area contributed by atoms with E-state index in [1.54, 1.807) is 0 Å². The van der Waals surface area contributed by atoms with Crippen LogP contribution in [-0.2, 0) is 14.3 Å². The molecule has 0 saturated carbocycles. The Labute approximate surface area is 91.2 Å². The molecule has 0 spiro atoms. The lowest BCUT2D eigenvalue weighted by Gasteiger charge is -2.17. The first-order chi connectivity index (χ1) is 7.22. The number of rotatable bonds is 2. The molecule has 0 amide bonds. The number of hydrogen-bond acceptors (Lipinski definition) is 3. The van der Waals surface area contributed by atoms with Gasteiger partial charge in [0.2, 0.25) is 0 Å². The molecule has 0 aromatic carbocycles. The molecule has 0 unspecified atom stereocenters. The summed E-state index contributed by atoms with van der Waals surface area (Å²) in [7, 11) is 0. The normalized spacial score (nSPS) is 24.7. The second-order valence-electron chi connectivity index (χ2n) is 4.26. The fourth-order valence-corrected chi connectivity index (χ4v) is 2.02. The van der Waals surface area contributed by atoms with Gasteiger partial charge in [0.25, 0.3) is 0 Å². The third kappa shape index (κ3) is 4.96. The molecule has 1 saturated heterocycles. The van der Waals surface area contributed by atoms with Crippen LogP contribution in [0.1, 0.15) is 51.9 Å². The van der Waals surface area contributed by atoms with Crippen molar-refractivity contribution in [1.29, 1.82) is 0 Å². The van der Waals surface area contributed by atoms with Crippen molar-refractivity contribution >= 4 is 11.8 Å². The van der Waals surface area contributed by atoms with Crippen LogP contribution in [0.2, 0.25) is 0 Å². The maximum atomic E-state index is 11.5. The van der Waals surface area contributed by atoms with Crippen molar-refractivity contribution in [1.82, 2.24) is 0 Å². The van der Waals surface area contributed by atoms with Gasteiger partial charge in [0.1, 0.15) is 5.78 Å². The number of cyclic esters (lactones) is 1. The molecule has 0 radical (unpaired) electrons. The molecule has 1 aliphatic rings. The topological polar surface area (TPSA) is 43.4 Å². The van der Waals surface area contributed by atoms with Crippen molar-refractivity contribution in [2.75, 3.05) is 6.61 Å². The number of Topliss-reactive ketones (excluding diaryl/α,β-unsaturated/α-hetero) is 1. The Morgan fingerprint density at radius 1 is 1.33 bits per heavy atom. The second-order valence-corrected chi connectivity index (χ2v) is 4.26. The van der Waals surface area contributed by atoms with Crippen molar-refractivity contribution in [3.05, 3.63) is 0 Å². The number of ketones is 1. The van der Waals surface area contributed by atoms with E-state index in [9.17, 15) is 9.59 Å². The molecule has 0 aromatic heterocycles. The summed E-state index contributed by atoms with van der Waals surface area (Å²) in [5.74, 6) is 0.566. The Balaban J connectivity index is 2.45. The summed E-state index contributed by atoms with van der Waals surface area (Å²) in [6.07, 6.45) is 5.24. The fraction of sp³-hybridized carbons (Fsp3) is 0.833. The van der Waals surface area contributed by atoms with Gasteiger partial charge in [-0.1, -0.05) is 19.8 Å². The molecule has 0 aromatic rings. The number of ether oxygens (including phenoxy) is 1. The van der Waals surface area contributed by atoms with Crippen molar-refractivity contribution in [2.45, 2.75) is 51.9 Å². The molecule has 1 aliphatic heterocycles. The summed E-state index contributed by atoms with van der Waals surface area (Å²) in [6, 6.07) is 0. The van der Waals surface area contributed by atoms with E-state index in [1.165, 1.54) is 0 Å². The second kappa shape index (κ2) is 6.59. The van der Waals surface area contributed by atoms with Crippen LogP contribution in [0.5, 0.6) is 0 Å². The Hall–Kier alpha value is -0.860. The number of carbonyl (C=O) groups excluding carboxylic acids is 2. The van der Waals surface area contributed by atoms with Gasteiger partial charge < -0.3 is 4.74 Å². The van der Waals surface area contributed by atoms with E-state index in [0.717, 1.165) is 19.3 Å². The quantitative estimate of drug-likeness (QED) is 0.660. The predicted octanol–water partition coefficient (Wildman–Crippen LogP) is 2.48. The van der Waals surface area contributed by atoms with Gasteiger partial charge in [0.15, 0.2) is 0 Å². The van der Waals surface area contributed by atoms with E-state index >= 15 is 0 Å². The fourth-order valence-electron chi connectivity index (χ4n) is 2.02. The summed E-state index contributed by atoms with van der Waals surface area (Å²) >= 11 is 0. The smallest absolute Gasteiger partial charge is 0.305 e. The molecule has 15 heavy (non-hydrogen) atoms. The van der Waals surface area contributed by atoms with Crippen LogP contribution in [0.15, 0.2) is 0 Å². The van der Waals surface area contributed by atoms with Gasteiger partial charge in [-0.2, -0.15) is 0 Å². The summed E-state index contributed by atoms with van der Waals surface area (Å²) in [5.41, 5.74) is 0. The molecule has 0 aliphatic carbocycles. The van der Waals surface area contributed by atoms with E-state index in [-0.39, 0.29) is 5.97 Å². The molecule has 1 atom stereocenters. The summed E-state index contributed by atoms with van der Waals surface area (Å²) in [6.45, 7) is 2.60. The molecule has 0 bridgehead atoms. The third-order valence-electron chi connectivity index (χ3n) is 2.84. The molecular formula is C12H20O3. The van der Waals surface area contributed by atoms with Gasteiger partial charge in [-0.25, -0.2) is 0 Å². The molecule has 86 valence electrons. The maximum absolute atomic E-state index is 11.5. The van der Waals surface area contributed by atoms with Crippen LogP contribution in [0.3, 0.4) is 0 Å². The highest BCUT2D eigenvalue weighted by atomic mass is 16.5. The van der Waals surface area contributed by atoms with Crippen molar-refractivity contribution in [2.24, 2.45) is 5.92 Å². The van der Waals surface area contributed by atoms with Crippen LogP contribution >= 0.6 is 0 Å². The zero-order valence-electron chi connectivity index (χ0n) is 9.46. The lowest BCUT2D eigenvalue weighted by atomic mass is 9.92. The van der Waals surface area contributed by atoms with Crippen molar-refractivity contribution in [3.8, 4) is 0 Å². The van der Waals surface area contributed by atoms with Gasteiger partial charge in [-0.3, -0.25) is 9.59 Å². The minimum atomic E-state index is -0.153. The van der Waals surface area contributed by atoms with Gasteiger partial charge >= 0.3 is 5.97 Å². The maximum Gasteiger partial charge on any atom is 0.305 e. The van der Waals surface area contributed by atoms with Gasteiger partial charge in [0.05, 0.1) is 6.61 Å². The van der Waals surface area contributed by atoms with Crippen LogP contribution in [0.25, 0.3) is 0 Å². The zero-order chi connectivity index (χ0) is 11.1. The van der Waals surface area contributed by atoms with Crippen LogP contribution in [-0.4, -0.2) is 18.4 Å². The Bertz CT molecular complexity index is 223. The number of carbonyl (C=O) groups is 2. The molecule has 1 fully saturated rings. The first kappa shape index (κ1) is 12.2. The third-order valence-corrected chi connectivity index (χ3v) is 2.84. The average Bonchev–Trinajstić information content (AvgIpc) is 2.17. The van der Waals surface area contributed by atoms with E-state index in [2.05, 4.69) is 6.92 Å². The molecule has 3 nitrogen and oxygen atoms in total. The number of esters is 1. The van der Waals surface area contributed by atoms with Crippen LogP contribution in [0.4, 0.5) is 0 Å². The summed E-state index contributed by atoms with van der Waals surface area (Å²) in [4.78, 5) is 22.7. The van der Waals surface area contributed by atoms with Gasteiger partial charge in [0, 0.05) is 19.3 Å². The largest absolute Gasteiger partial charge is 0.466 e. The standard InChI is InChI=1S/C12H20O3/c1-2-4-10-7-8-15-12(14)6-3-5-11(13)9-10/h10H,2-9H2,1H3/t10-/m1/s1. The molecule has 1 rings (SSSR count). The van der Waals surface area contributed by atoms with Gasteiger partial charge in [-0.05, 0) is 18.8 Å². The lowest BCUT2D eigenvalue weighted by Crippen LogP contribution is -2.16. The summed E-state index contributed by atoms with van der Waals surface area (Å²) < 4.78 is 5.08. The van der Waals surface area contributed by atoms with Gasteiger partial charge in [-0.15, -0.1) is 0 Å². The minimum Gasteiger partial charge on any atom is -0.466 e. The number of hydrogen-bond donors (Lipinski definition) is 0. The highest BCUT2D eigenvalue weighted by Gasteiger charge is 2.16. The highest BCUT2D eigenvalue weighted by molar-refractivity contribution is 5.79.